The van der Waals surface area contributed by atoms with Gasteiger partial charge in [0.25, 0.3) is 9.70 Å². The molecular weight excluding hydrogens is 355 g/mol. The fourth-order valence-electron chi connectivity index (χ4n) is 2.22. The fraction of sp³-hybridized carbons (Fsp3) is 0.0588. The minimum atomic E-state index is -2.08. The first-order valence-corrected chi connectivity index (χ1v) is 7.92. The molecule has 23 heavy (non-hydrogen) atoms. The number of carbonyl (C=O) groups is 1. The van der Waals surface area contributed by atoms with E-state index >= 15 is 0 Å². The lowest BCUT2D eigenvalue weighted by molar-refractivity contribution is 0.0905. The van der Waals surface area contributed by atoms with Gasteiger partial charge in [-0.05, 0) is 6.07 Å². The fourth-order valence-corrected chi connectivity index (χ4v) is 2.46. The molecule has 6 heteroatoms. The van der Waals surface area contributed by atoms with Gasteiger partial charge in [0.2, 0.25) is 0 Å². The molecule has 0 fully saturated rings. The lowest BCUT2D eigenvalue weighted by atomic mass is 10.1. The zero-order valence-electron chi connectivity index (χ0n) is 11.8. The smallest absolute Gasteiger partial charge is 0.268 e. The molecule has 3 nitrogen and oxygen atoms in total. The molecule has 0 bridgehead atoms. The maximum absolute atomic E-state index is 12.4. The molecule has 0 aliphatic carbocycles. The topological polar surface area (TPSA) is 34.9 Å². The molecule has 116 valence electrons. The van der Waals surface area contributed by atoms with E-state index < -0.39 is 9.70 Å². The van der Waals surface area contributed by atoms with E-state index in [0.29, 0.717) is 11.4 Å². The molecule has 3 aromatic rings. The zero-order valence-corrected chi connectivity index (χ0v) is 14.1. The molecule has 3 rings (SSSR count). The number of hydrogen-bond donors (Lipinski definition) is 0. The summed E-state index contributed by atoms with van der Waals surface area (Å²) in [5.74, 6) is -0.719. The summed E-state index contributed by atoms with van der Waals surface area (Å²) in [6.07, 6.45) is 0. The van der Waals surface area contributed by atoms with Gasteiger partial charge < -0.3 is 0 Å². The lowest BCUT2D eigenvalue weighted by Crippen LogP contribution is -2.27. The van der Waals surface area contributed by atoms with Crippen LogP contribution < -0.4 is 0 Å². The van der Waals surface area contributed by atoms with Crippen LogP contribution in [0.15, 0.2) is 66.7 Å². The summed E-state index contributed by atoms with van der Waals surface area (Å²) >= 11 is 17.3. The molecule has 0 atom stereocenters. The third-order valence-electron chi connectivity index (χ3n) is 3.28. The second kappa shape index (κ2) is 6.36. The Balaban J connectivity index is 2.17. The molecule has 0 aliphatic heterocycles. The number of rotatable bonds is 2. The van der Waals surface area contributed by atoms with Crippen LogP contribution in [0.5, 0.6) is 0 Å². The summed E-state index contributed by atoms with van der Waals surface area (Å²) in [6, 6.07) is 20.7. The Morgan fingerprint density at radius 2 is 1.39 bits per heavy atom. The van der Waals surface area contributed by atoms with Crippen LogP contribution in [0.3, 0.4) is 0 Å². The Hall–Kier alpha value is -1.81. The van der Waals surface area contributed by atoms with Crippen LogP contribution in [0.4, 0.5) is 0 Å². The molecule has 0 unspecified atom stereocenters. The van der Waals surface area contributed by atoms with Crippen molar-refractivity contribution in [2.24, 2.45) is 0 Å². The molecule has 0 aliphatic rings. The first kappa shape index (κ1) is 16.1. The van der Waals surface area contributed by atoms with Crippen molar-refractivity contribution < 1.29 is 4.79 Å². The van der Waals surface area contributed by atoms with Crippen molar-refractivity contribution in [1.82, 2.24) is 9.78 Å². The van der Waals surface area contributed by atoms with Crippen molar-refractivity contribution in [2.45, 2.75) is 3.79 Å². The summed E-state index contributed by atoms with van der Waals surface area (Å²) in [5, 5.41) is 4.34. The molecule has 0 spiro atoms. The lowest BCUT2D eigenvalue weighted by Gasteiger charge is -2.11. The maximum Gasteiger partial charge on any atom is 0.299 e. The van der Waals surface area contributed by atoms with Crippen molar-refractivity contribution in [3.63, 3.8) is 0 Å². The number of aromatic nitrogens is 2. The molecule has 0 N–H and O–H groups in total. The van der Waals surface area contributed by atoms with Gasteiger partial charge in [0, 0.05) is 11.1 Å². The number of hydrogen-bond acceptors (Lipinski definition) is 2. The average Bonchev–Trinajstić information content (AvgIpc) is 3.00. The molecule has 0 amide bonds. The Kier molecular flexibility index (Phi) is 4.44. The quantitative estimate of drug-likeness (QED) is 0.583. The summed E-state index contributed by atoms with van der Waals surface area (Å²) in [4.78, 5) is 12.4. The van der Waals surface area contributed by atoms with Gasteiger partial charge in [-0.25, -0.2) is 0 Å². The van der Waals surface area contributed by atoms with Gasteiger partial charge in [0.1, 0.15) is 0 Å². The number of nitrogens with zero attached hydrogens (tertiary/aromatic N) is 2. The van der Waals surface area contributed by atoms with Crippen molar-refractivity contribution in [3.05, 3.63) is 66.7 Å². The summed E-state index contributed by atoms with van der Waals surface area (Å²) in [6.45, 7) is 0. The second-order valence-corrected chi connectivity index (χ2v) is 7.14. The molecule has 2 aromatic carbocycles. The molecule has 0 saturated carbocycles. The van der Waals surface area contributed by atoms with Gasteiger partial charge in [-0.3, -0.25) is 4.79 Å². The summed E-state index contributed by atoms with van der Waals surface area (Å²) < 4.78 is -0.936. The Bertz CT molecular complexity index is 824. The standard InChI is InChI=1S/C17H11Cl3N2O/c18-17(19,20)16(23)22-15(13-9-5-2-6-10-13)11-14(21-22)12-7-3-1-4-8-12/h1-11H. The highest BCUT2D eigenvalue weighted by atomic mass is 35.6. The van der Waals surface area contributed by atoms with Gasteiger partial charge in [0.05, 0.1) is 11.4 Å². The van der Waals surface area contributed by atoms with Gasteiger partial charge in [-0.15, -0.1) is 0 Å². The highest BCUT2D eigenvalue weighted by Crippen LogP contribution is 2.32. The molecule has 0 radical (unpaired) electrons. The van der Waals surface area contributed by atoms with Crippen molar-refractivity contribution in [1.29, 1.82) is 0 Å². The summed E-state index contributed by atoms with van der Waals surface area (Å²) in [5.41, 5.74) is 2.89. The van der Waals surface area contributed by atoms with Crippen molar-refractivity contribution >= 4 is 40.7 Å². The van der Waals surface area contributed by atoms with Gasteiger partial charge in [-0.1, -0.05) is 95.5 Å². The zero-order chi connectivity index (χ0) is 16.4. The summed E-state index contributed by atoms with van der Waals surface area (Å²) in [7, 11) is 0. The maximum atomic E-state index is 12.4. The van der Waals surface area contributed by atoms with Crippen LogP contribution >= 0.6 is 34.8 Å². The van der Waals surface area contributed by atoms with E-state index in [-0.39, 0.29) is 0 Å². The first-order valence-electron chi connectivity index (χ1n) is 6.79. The van der Waals surface area contributed by atoms with E-state index in [4.69, 9.17) is 34.8 Å². The van der Waals surface area contributed by atoms with Crippen LogP contribution in [0, 0.1) is 0 Å². The van der Waals surface area contributed by atoms with Crippen molar-refractivity contribution in [3.8, 4) is 22.5 Å². The van der Waals surface area contributed by atoms with Crippen LogP contribution in [0.1, 0.15) is 4.79 Å². The monoisotopic (exact) mass is 364 g/mol. The van der Waals surface area contributed by atoms with E-state index in [0.717, 1.165) is 15.8 Å². The highest BCUT2D eigenvalue weighted by Gasteiger charge is 2.34. The minimum absolute atomic E-state index is 0.570. The van der Waals surface area contributed by atoms with Gasteiger partial charge in [0.15, 0.2) is 0 Å². The Morgan fingerprint density at radius 3 is 1.91 bits per heavy atom. The highest BCUT2D eigenvalue weighted by molar-refractivity contribution is 6.76. The first-order chi connectivity index (χ1) is 11.0. The third-order valence-corrected chi connectivity index (χ3v) is 3.77. The Morgan fingerprint density at radius 1 is 0.870 bits per heavy atom. The molecule has 1 heterocycles. The SMILES string of the molecule is O=C(n1nc(-c2ccccc2)cc1-c1ccccc1)C(Cl)(Cl)Cl. The Labute approximate surface area is 148 Å². The average molecular weight is 366 g/mol. The largest absolute Gasteiger partial charge is 0.299 e. The predicted octanol–water partition coefficient (Wildman–Crippen LogP) is 5.23. The normalized spacial score (nSPS) is 11.4. The third kappa shape index (κ3) is 3.42. The predicted molar refractivity (Wildman–Crippen MR) is 94.0 cm³/mol. The number of carbonyl (C=O) groups excluding carboxylic acids is 1. The molecule has 1 aromatic heterocycles. The van der Waals surface area contributed by atoms with Gasteiger partial charge >= 0.3 is 0 Å². The van der Waals surface area contributed by atoms with Crippen molar-refractivity contribution in [2.75, 3.05) is 0 Å². The molecular formula is C17H11Cl3N2O. The molecule has 0 saturated heterocycles. The number of benzene rings is 2. The van der Waals surface area contributed by atoms with E-state index in [2.05, 4.69) is 5.10 Å². The van der Waals surface area contributed by atoms with Crippen LogP contribution in [-0.4, -0.2) is 19.5 Å². The minimum Gasteiger partial charge on any atom is -0.268 e. The van der Waals surface area contributed by atoms with E-state index in [9.17, 15) is 4.79 Å². The van der Waals surface area contributed by atoms with E-state index in [1.807, 2.05) is 60.7 Å². The van der Waals surface area contributed by atoms with Crippen LogP contribution in [-0.2, 0) is 0 Å². The van der Waals surface area contributed by atoms with Gasteiger partial charge in [-0.2, -0.15) is 9.78 Å². The van der Waals surface area contributed by atoms with Crippen LogP contribution in [0.2, 0.25) is 0 Å². The van der Waals surface area contributed by atoms with E-state index in [1.165, 1.54) is 0 Å². The van der Waals surface area contributed by atoms with E-state index in [1.54, 1.807) is 6.07 Å². The second-order valence-electron chi connectivity index (χ2n) is 4.86. The number of halogens is 3. The van der Waals surface area contributed by atoms with Crippen LogP contribution in [0.25, 0.3) is 22.5 Å². The number of alkyl halides is 3.